The smallest absolute Gasteiger partial charge is 0.0590 e. The Bertz CT molecular complexity index is 1120. The summed E-state index contributed by atoms with van der Waals surface area (Å²) in [5.74, 6) is 0. The number of aryl methyl sites for hydroxylation is 2. The monoisotopic (exact) mass is 502 g/mol. The average Bonchev–Trinajstić information content (AvgIpc) is 2.99. The molecule has 4 aromatic carbocycles. The first-order valence-electron chi connectivity index (χ1n) is 9.75. The van der Waals surface area contributed by atoms with Gasteiger partial charge in [0.1, 0.15) is 0 Å². The van der Waals surface area contributed by atoms with Gasteiger partial charge in [-0.2, -0.15) is 0 Å². The van der Waals surface area contributed by atoms with Crippen molar-refractivity contribution in [1.29, 1.82) is 0 Å². The van der Waals surface area contributed by atoms with E-state index in [1.807, 2.05) is 0 Å². The summed E-state index contributed by atoms with van der Waals surface area (Å²) in [6.45, 7) is 4.29. The molecule has 0 fully saturated rings. The van der Waals surface area contributed by atoms with Gasteiger partial charge in [0, 0.05) is 8.95 Å². The van der Waals surface area contributed by atoms with Crippen LogP contribution in [0.2, 0.25) is 0 Å². The SMILES string of the molecule is Cc1ccc(C2(c3ccc(C)cc3)c3ccc(Br)cc3-c3cc(Br)ccc32)cc1. The molecule has 0 nitrogen and oxygen atoms in total. The van der Waals surface area contributed by atoms with Crippen LogP contribution in [0, 0.1) is 13.8 Å². The summed E-state index contributed by atoms with van der Waals surface area (Å²) in [7, 11) is 0. The summed E-state index contributed by atoms with van der Waals surface area (Å²) in [5.41, 5.74) is 10.1. The van der Waals surface area contributed by atoms with Gasteiger partial charge in [-0.15, -0.1) is 0 Å². The van der Waals surface area contributed by atoms with Crippen molar-refractivity contribution < 1.29 is 0 Å². The molecule has 5 rings (SSSR count). The first-order valence-corrected chi connectivity index (χ1v) is 11.3. The summed E-state index contributed by atoms with van der Waals surface area (Å²) in [4.78, 5) is 0. The lowest BCUT2D eigenvalue weighted by atomic mass is 9.67. The molecule has 0 heterocycles. The van der Waals surface area contributed by atoms with E-state index in [9.17, 15) is 0 Å². The van der Waals surface area contributed by atoms with Crippen LogP contribution in [0.1, 0.15) is 33.4 Å². The molecule has 0 radical (unpaired) electrons. The Hall–Kier alpha value is -2.16. The van der Waals surface area contributed by atoms with Crippen molar-refractivity contribution in [2.75, 3.05) is 0 Å². The standard InChI is InChI=1S/C27H20Br2/c1-17-3-7-19(8-4-17)27(20-9-5-18(2)6-10-20)25-13-11-21(28)15-23(25)24-16-22(29)12-14-26(24)27/h3-16H,1-2H3. The van der Waals surface area contributed by atoms with Gasteiger partial charge < -0.3 is 0 Å². The van der Waals surface area contributed by atoms with Crippen LogP contribution in [0.15, 0.2) is 93.9 Å². The molecular formula is C27H20Br2. The highest BCUT2D eigenvalue weighted by molar-refractivity contribution is 9.10. The second-order valence-electron chi connectivity index (χ2n) is 7.86. The van der Waals surface area contributed by atoms with E-state index in [2.05, 4.69) is 131 Å². The predicted molar refractivity (Wildman–Crippen MR) is 129 cm³/mol. The van der Waals surface area contributed by atoms with Crippen molar-refractivity contribution >= 4 is 31.9 Å². The van der Waals surface area contributed by atoms with Gasteiger partial charge in [0.2, 0.25) is 0 Å². The molecule has 0 atom stereocenters. The van der Waals surface area contributed by atoms with Crippen LogP contribution in [-0.2, 0) is 5.41 Å². The summed E-state index contributed by atoms with van der Waals surface area (Å²) in [6.07, 6.45) is 0. The molecule has 1 aliphatic rings. The number of rotatable bonds is 2. The highest BCUT2D eigenvalue weighted by atomic mass is 79.9. The van der Waals surface area contributed by atoms with Gasteiger partial charge in [0.15, 0.2) is 0 Å². The van der Waals surface area contributed by atoms with Crippen LogP contribution < -0.4 is 0 Å². The Morgan fingerprint density at radius 2 is 0.897 bits per heavy atom. The molecule has 0 bridgehead atoms. The fraction of sp³-hybridized carbons (Fsp3) is 0.111. The summed E-state index contributed by atoms with van der Waals surface area (Å²) in [6, 6.07) is 31.5. The van der Waals surface area contributed by atoms with Gasteiger partial charge in [0.05, 0.1) is 5.41 Å². The van der Waals surface area contributed by atoms with Crippen molar-refractivity contribution in [3.63, 3.8) is 0 Å². The van der Waals surface area contributed by atoms with E-state index < -0.39 is 0 Å². The fourth-order valence-corrected chi connectivity index (χ4v) is 5.40. The number of fused-ring (bicyclic) bond motifs is 3. The van der Waals surface area contributed by atoms with Gasteiger partial charge in [-0.05, 0) is 71.5 Å². The Kier molecular flexibility index (Phi) is 4.53. The second kappa shape index (κ2) is 6.97. The quantitative estimate of drug-likeness (QED) is 0.228. The molecule has 0 N–H and O–H groups in total. The molecule has 29 heavy (non-hydrogen) atoms. The fourth-order valence-electron chi connectivity index (χ4n) is 4.67. The van der Waals surface area contributed by atoms with E-state index in [-0.39, 0.29) is 5.41 Å². The predicted octanol–water partition coefficient (Wildman–Crippen LogP) is 8.19. The number of halogens is 2. The van der Waals surface area contributed by atoms with E-state index in [4.69, 9.17) is 0 Å². The van der Waals surface area contributed by atoms with E-state index >= 15 is 0 Å². The molecule has 0 saturated carbocycles. The lowest BCUT2D eigenvalue weighted by molar-refractivity contribution is 0.767. The van der Waals surface area contributed by atoms with Crippen LogP contribution in [-0.4, -0.2) is 0 Å². The molecule has 142 valence electrons. The summed E-state index contributed by atoms with van der Waals surface area (Å²) < 4.78 is 2.21. The van der Waals surface area contributed by atoms with E-state index in [1.165, 1.54) is 44.5 Å². The van der Waals surface area contributed by atoms with Gasteiger partial charge in [-0.25, -0.2) is 0 Å². The minimum Gasteiger partial charge on any atom is -0.0590 e. The number of hydrogen-bond acceptors (Lipinski definition) is 0. The maximum absolute atomic E-state index is 3.69. The van der Waals surface area contributed by atoms with Crippen LogP contribution in [0.5, 0.6) is 0 Å². The maximum Gasteiger partial charge on any atom is 0.0713 e. The van der Waals surface area contributed by atoms with Crippen LogP contribution in [0.25, 0.3) is 11.1 Å². The Labute approximate surface area is 188 Å². The molecule has 2 heteroatoms. The van der Waals surface area contributed by atoms with Crippen molar-refractivity contribution in [1.82, 2.24) is 0 Å². The van der Waals surface area contributed by atoms with Gasteiger partial charge in [0.25, 0.3) is 0 Å². The molecule has 1 aliphatic carbocycles. The summed E-state index contributed by atoms with van der Waals surface area (Å²) >= 11 is 7.39. The molecule has 0 aliphatic heterocycles. The Morgan fingerprint density at radius 1 is 0.517 bits per heavy atom. The molecule has 0 aromatic heterocycles. The minimum absolute atomic E-state index is 0.326. The first-order chi connectivity index (χ1) is 14.0. The summed E-state index contributed by atoms with van der Waals surface area (Å²) in [5, 5.41) is 0. The minimum atomic E-state index is -0.326. The van der Waals surface area contributed by atoms with Gasteiger partial charge in [-0.3, -0.25) is 0 Å². The van der Waals surface area contributed by atoms with Crippen LogP contribution in [0.4, 0.5) is 0 Å². The average molecular weight is 504 g/mol. The molecular weight excluding hydrogens is 484 g/mol. The number of hydrogen-bond donors (Lipinski definition) is 0. The zero-order valence-electron chi connectivity index (χ0n) is 16.3. The van der Waals surface area contributed by atoms with Crippen molar-refractivity contribution in [2.24, 2.45) is 0 Å². The lowest BCUT2D eigenvalue weighted by Crippen LogP contribution is -2.28. The lowest BCUT2D eigenvalue weighted by Gasteiger charge is -2.34. The molecule has 0 unspecified atom stereocenters. The molecule has 0 amide bonds. The zero-order chi connectivity index (χ0) is 20.2. The number of benzene rings is 4. The van der Waals surface area contributed by atoms with Crippen molar-refractivity contribution in [3.05, 3.63) is 127 Å². The topological polar surface area (TPSA) is 0 Å². The zero-order valence-corrected chi connectivity index (χ0v) is 19.5. The van der Waals surface area contributed by atoms with Crippen LogP contribution in [0.3, 0.4) is 0 Å². The van der Waals surface area contributed by atoms with Crippen molar-refractivity contribution in [2.45, 2.75) is 19.3 Å². The van der Waals surface area contributed by atoms with Crippen LogP contribution >= 0.6 is 31.9 Å². The first kappa shape index (κ1) is 18.8. The Morgan fingerprint density at radius 3 is 1.28 bits per heavy atom. The molecule has 4 aromatic rings. The third-order valence-electron chi connectivity index (χ3n) is 6.03. The third-order valence-corrected chi connectivity index (χ3v) is 7.02. The van der Waals surface area contributed by atoms with E-state index in [0.29, 0.717) is 0 Å². The third kappa shape index (κ3) is 2.85. The molecule has 0 saturated heterocycles. The largest absolute Gasteiger partial charge is 0.0713 e. The van der Waals surface area contributed by atoms with Gasteiger partial charge in [-0.1, -0.05) is 104 Å². The van der Waals surface area contributed by atoms with E-state index in [0.717, 1.165) is 8.95 Å². The molecule has 0 spiro atoms. The normalized spacial score (nSPS) is 13.8. The Balaban J connectivity index is 1.95. The highest BCUT2D eigenvalue weighted by Gasteiger charge is 2.46. The van der Waals surface area contributed by atoms with Gasteiger partial charge >= 0.3 is 0 Å². The van der Waals surface area contributed by atoms with Crippen molar-refractivity contribution in [3.8, 4) is 11.1 Å². The second-order valence-corrected chi connectivity index (χ2v) is 9.69. The highest BCUT2D eigenvalue weighted by Crippen LogP contribution is 2.56. The van der Waals surface area contributed by atoms with E-state index in [1.54, 1.807) is 0 Å². The maximum atomic E-state index is 3.69.